The van der Waals surface area contributed by atoms with Crippen LogP contribution in [-0.2, 0) is 9.59 Å². The molecule has 2 N–H and O–H groups in total. The Labute approximate surface area is 165 Å². The van der Waals surface area contributed by atoms with Crippen molar-refractivity contribution < 1.29 is 24.2 Å². The molecular weight excluding hydrogens is 388 g/mol. The van der Waals surface area contributed by atoms with E-state index >= 15 is 0 Å². The first-order valence-corrected chi connectivity index (χ1v) is 10.4. The number of imide groups is 1. The first-order chi connectivity index (χ1) is 13.0. The summed E-state index contributed by atoms with van der Waals surface area (Å²) in [5, 5.41) is 12.1. The first-order valence-electron chi connectivity index (χ1n) is 8.42. The van der Waals surface area contributed by atoms with Crippen LogP contribution in [-0.4, -0.2) is 64.4 Å². The van der Waals surface area contributed by atoms with E-state index in [1.807, 2.05) is 0 Å². The highest BCUT2D eigenvalue weighted by Crippen LogP contribution is 2.32. The molecule has 1 aromatic carbocycles. The molecule has 2 fully saturated rings. The molecule has 3 rings (SSSR count). The van der Waals surface area contributed by atoms with Crippen molar-refractivity contribution in [3.63, 3.8) is 0 Å². The minimum absolute atomic E-state index is 0.0156. The second-order valence-electron chi connectivity index (χ2n) is 6.14. The van der Waals surface area contributed by atoms with Crippen molar-refractivity contribution in [3.05, 3.63) is 34.7 Å². The molecule has 0 aliphatic carbocycles. The fraction of sp³-hybridized carbons (Fsp3) is 0.389. The largest absolute Gasteiger partial charge is 0.497 e. The number of benzene rings is 1. The number of hydrogen-bond acceptors (Lipinski definition) is 7. The molecule has 9 heteroatoms. The minimum atomic E-state index is -0.552. The molecule has 27 heavy (non-hydrogen) atoms. The van der Waals surface area contributed by atoms with E-state index in [2.05, 4.69) is 5.32 Å². The summed E-state index contributed by atoms with van der Waals surface area (Å²) in [6.45, 7) is 0.0202. The van der Waals surface area contributed by atoms with Gasteiger partial charge in [-0.1, -0.05) is 12.1 Å². The maximum Gasteiger partial charge on any atom is 0.293 e. The van der Waals surface area contributed by atoms with Crippen molar-refractivity contribution in [2.75, 3.05) is 25.2 Å². The van der Waals surface area contributed by atoms with Gasteiger partial charge < -0.3 is 15.2 Å². The summed E-state index contributed by atoms with van der Waals surface area (Å²) in [6, 6.07) is 6.87. The van der Waals surface area contributed by atoms with E-state index in [4.69, 9.17) is 4.74 Å². The SMILES string of the molecule is COc1ccc(/C=C2\SC(=O)N(CCC(=O)NC3CSCC3O)C2=O)cc1. The van der Waals surface area contributed by atoms with Crippen LogP contribution < -0.4 is 10.1 Å². The van der Waals surface area contributed by atoms with Gasteiger partial charge in [-0.3, -0.25) is 19.3 Å². The summed E-state index contributed by atoms with van der Waals surface area (Å²) < 4.78 is 5.09. The van der Waals surface area contributed by atoms with Gasteiger partial charge in [0.05, 0.1) is 24.2 Å². The minimum Gasteiger partial charge on any atom is -0.497 e. The molecule has 1 aromatic rings. The Bertz CT molecular complexity index is 766. The molecular formula is C18H20N2O5S2. The molecule has 0 aromatic heterocycles. The van der Waals surface area contributed by atoms with E-state index in [1.54, 1.807) is 49.2 Å². The Hall–Kier alpha value is -1.97. The number of hydrogen-bond donors (Lipinski definition) is 2. The van der Waals surface area contributed by atoms with Crippen molar-refractivity contribution in [1.82, 2.24) is 10.2 Å². The van der Waals surface area contributed by atoms with Crippen LogP contribution in [0.15, 0.2) is 29.2 Å². The highest BCUT2D eigenvalue weighted by molar-refractivity contribution is 8.18. The number of thioether (sulfide) groups is 2. The molecule has 3 amide bonds. The van der Waals surface area contributed by atoms with Gasteiger partial charge in [-0.15, -0.1) is 0 Å². The predicted octanol–water partition coefficient (Wildman–Crippen LogP) is 1.71. The summed E-state index contributed by atoms with van der Waals surface area (Å²) in [6.07, 6.45) is 1.11. The van der Waals surface area contributed by atoms with Crippen molar-refractivity contribution in [3.8, 4) is 5.75 Å². The smallest absolute Gasteiger partial charge is 0.293 e. The molecule has 0 saturated carbocycles. The van der Waals surface area contributed by atoms with E-state index in [0.717, 1.165) is 22.2 Å². The monoisotopic (exact) mass is 408 g/mol. The quantitative estimate of drug-likeness (QED) is 0.692. The molecule has 2 aliphatic rings. The summed E-state index contributed by atoms with van der Waals surface area (Å²) in [5.41, 5.74) is 0.784. The van der Waals surface area contributed by atoms with Crippen LogP contribution in [0.3, 0.4) is 0 Å². The second kappa shape index (κ2) is 8.81. The average Bonchev–Trinajstić information content (AvgIpc) is 3.17. The number of carbonyl (C=O) groups excluding carboxylic acids is 3. The topological polar surface area (TPSA) is 95.9 Å². The lowest BCUT2D eigenvalue weighted by Gasteiger charge is -2.17. The lowest BCUT2D eigenvalue weighted by atomic mass is 10.2. The van der Waals surface area contributed by atoms with Gasteiger partial charge in [0.25, 0.3) is 11.1 Å². The molecule has 2 aliphatic heterocycles. The standard InChI is InChI=1S/C18H20N2O5S2/c1-25-12-4-2-11(3-5-12)8-15-17(23)20(18(24)27-15)7-6-16(22)19-13-9-26-10-14(13)21/h2-5,8,13-14,21H,6-7,9-10H2,1H3,(H,19,22)/b15-8-. The number of nitrogens with zero attached hydrogens (tertiary/aromatic N) is 1. The van der Waals surface area contributed by atoms with Crippen LogP contribution in [0.1, 0.15) is 12.0 Å². The van der Waals surface area contributed by atoms with Gasteiger partial charge in [0.1, 0.15) is 5.75 Å². The highest BCUT2D eigenvalue weighted by atomic mass is 32.2. The van der Waals surface area contributed by atoms with E-state index < -0.39 is 12.0 Å². The van der Waals surface area contributed by atoms with E-state index in [9.17, 15) is 19.5 Å². The number of ether oxygens (including phenoxy) is 1. The predicted molar refractivity (Wildman–Crippen MR) is 106 cm³/mol. The lowest BCUT2D eigenvalue weighted by Crippen LogP contribution is -2.43. The molecule has 2 unspecified atom stereocenters. The van der Waals surface area contributed by atoms with Crippen LogP contribution in [0, 0.1) is 0 Å². The maximum absolute atomic E-state index is 12.5. The fourth-order valence-electron chi connectivity index (χ4n) is 2.72. The van der Waals surface area contributed by atoms with Gasteiger partial charge in [0.15, 0.2) is 0 Å². The Morgan fingerprint density at radius 1 is 1.33 bits per heavy atom. The van der Waals surface area contributed by atoms with E-state index in [0.29, 0.717) is 22.2 Å². The average molecular weight is 409 g/mol. The Balaban J connectivity index is 1.57. The van der Waals surface area contributed by atoms with Gasteiger partial charge in [0.2, 0.25) is 5.91 Å². The Morgan fingerprint density at radius 2 is 2.07 bits per heavy atom. The van der Waals surface area contributed by atoms with Crippen molar-refractivity contribution in [2.45, 2.75) is 18.6 Å². The number of carbonyl (C=O) groups is 3. The normalized spacial score (nSPS) is 23.9. The van der Waals surface area contributed by atoms with Gasteiger partial charge in [0, 0.05) is 24.5 Å². The van der Waals surface area contributed by atoms with Crippen LogP contribution in [0.4, 0.5) is 4.79 Å². The third-order valence-electron chi connectivity index (χ3n) is 4.25. The summed E-state index contributed by atoms with van der Waals surface area (Å²) in [4.78, 5) is 38.0. The van der Waals surface area contributed by atoms with E-state index in [1.165, 1.54) is 0 Å². The third-order valence-corrected chi connectivity index (χ3v) is 6.33. The molecule has 0 radical (unpaired) electrons. The maximum atomic E-state index is 12.5. The van der Waals surface area contributed by atoms with Crippen LogP contribution >= 0.6 is 23.5 Å². The molecule has 2 heterocycles. The van der Waals surface area contributed by atoms with E-state index in [-0.39, 0.29) is 30.2 Å². The number of methoxy groups -OCH3 is 1. The fourth-order valence-corrected chi connectivity index (χ4v) is 4.75. The molecule has 0 spiro atoms. The molecule has 0 bridgehead atoms. The number of rotatable bonds is 6. The lowest BCUT2D eigenvalue weighted by molar-refractivity contribution is -0.124. The van der Waals surface area contributed by atoms with Crippen molar-refractivity contribution in [1.29, 1.82) is 0 Å². The summed E-state index contributed by atoms with van der Waals surface area (Å²) in [7, 11) is 1.57. The van der Waals surface area contributed by atoms with Gasteiger partial charge in [-0.25, -0.2) is 0 Å². The first kappa shape index (κ1) is 19.8. The number of aliphatic hydroxyl groups is 1. The van der Waals surface area contributed by atoms with Gasteiger partial charge in [-0.2, -0.15) is 11.8 Å². The highest BCUT2D eigenvalue weighted by Gasteiger charge is 2.35. The van der Waals surface area contributed by atoms with Crippen LogP contribution in [0.2, 0.25) is 0 Å². The Kier molecular flexibility index (Phi) is 6.46. The molecule has 2 atom stereocenters. The molecule has 144 valence electrons. The van der Waals surface area contributed by atoms with Crippen molar-refractivity contribution >= 4 is 46.7 Å². The Morgan fingerprint density at radius 3 is 2.70 bits per heavy atom. The number of amides is 3. The van der Waals surface area contributed by atoms with Crippen LogP contribution in [0.25, 0.3) is 6.08 Å². The second-order valence-corrected chi connectivity index (χ2v) is 8.20. The van der Waals surface area contributed by atoms with Gasteiger partial charge >= 0.3 is 0 Å². The molecule has 7 nitrogen and oxygen atoms in total. The number of aliphatic hydroxyl groups excluding tert-OH is 1. The third kappa shape index (κ3) is 4.85. The van der Waals surface area contributed by atoms with Gasteiger partial charge in [-0.05, 0) is 35.5 Å². The summed E-state index contributed by atoms with van der Waals surface area (Å²) in [5.74, 6) is 1.30. The van der Waals surface area contributed by atoms with Crippen LogP contribution in [0.5, 0.6) is 5.75 Å². The summed E-state index contributed by atoms with van der Waals surface area (Å²) >= 11 is 2.44. The number of nitrogens with one attached hydrogen (secondary N) is 1. The zero-order chi connectivity index (χ0) is 19.4. The zero-order valence-corrected chi connectivity index (χ0v) is 16.3. The zero-order valence-electron chi connectivity index (χ0n) is 14.7. The van der Waals surface area contributed by atoms with Crippen molar-refractivity contribution in [2.24, 2.45) is 0 Å². The molecule has 2 saturated heterocycles.